The molecule has 0 spiro atoms. The number of nitrogens with zero attached hydrogens (tertiary/aromatic N) is 7. The molecular weight excluding hydrogens is 350 g/mol. The zero-order valence-corrected chi connectivity index (χ0v) is 15.3. The molecule has 0 bridgehead atoms. The number of rotatable bonds is 5. The molecule has 0 fully saturated rings. The first-order chi connectivity index (χ1) is 12.7. The van der Waals surface area contributed by atoms with Crippen LogP contribution >= 0.6 is 11.8 Å². The Hall–Kier alpha value is -2.94. The van der Waals surface area contributed by atoms with Gasteiger partial charge in [-0.15, -0.1) is 6.58 Å². The molecule has 0 saturated heterocycles. The zero-order valence-electron chi connectivity index (χ0n) is 14.5. The van der Waals surface area contributed by atoms with Crippen LogP contribution in [-0.4, -0.2) is 40.4 Å². The highest BCUT2D eigenvalue weighted by Crippen LogP contribution is 2.19. The fourth-order valence-electron chi connectivity index (χ4n) is 2.92. The number of hydrogen-bond donors (Lipinski definition) is 0. The Labute approximate surface area is 153 Å². The molecule has 0 aromatic carbocycles. The van der Waals surface area contributed by atoms with Gasteiger partial charge in [0.2, 0.25) is 0 Å². The van der Waals surface area contributed by atoms with Gasteiger partial charge in [-0.2, -0.15) is 5.10 Å². The molecule has 0 atom stereocenters. The third-order valence-corrected chi connectivity index (χ3v) is 4.69. The summed E-state index contributed by atoms with van der Waals surface area (Å²) in [4.78, 5) is 26.3. The Balaban J connectivity index is 2.07. The molecule has 8 nitrogen and oxygen atoms in total. The van der Waals surface area contributed by atoms with Gasteiger partial charge < -0.3 is 0 Å². The Morgan fingerprint density at radius 2 is 2.08 bits per heavy atom. The van der Waals surface area contributed by atoms with Crippen LogP contribution in [0, 0.1) is 0 Å². The topological polar surface area (TPSA) is 83.4 Å². The lowest BCUT2D eigenvalue weighted by Gasteiger charge is -2.10. The molecule has 0 aliphatic heterocycles. The van der Waals surface area contributed by atoms with E-state index in [0.717, 1.165) is 11.0 Å². The Morgan fingerprint density at radius 3 is 2.81 bits per heavy atom. The van der Waals surface area contributed by atoms with E-state index in [0.29, 0.717) is 35.1 Å². The standard InChI is InChI=1S/C17H17N7OS/c1-4-8-23-16(25)12-10-18-17(26-3)21-15(12)24(23)13-7-6-11-9-19-22(5-2)14(11)20-13/h4,6-7,9-10H,1,5,8H2,2-3H3. The molecule has 132 valence electrons. The van der Waals surface area contributed by atoms with Crippen molar-refractivity contribution in [1.82, 2.24) is 34.1 Å². The molecule has 0 saturated carbocycles. The Kier molecular flexibility index (Phi) is 4.08. The molecule has 0 aliphatic rings. The fourth-order valence-corrected chi connectivity index (χ4v) is 3.26. The largest absolute Gasteiger partial charge is 0.278 e. The molecule has 0 radical (unpaired) electrons. The second kappa shape index (κ2) is 6.41. The molecule has 4 aromatic heterocycles. The predicted molar refractivity (Wildman–Crippen MR) is 102 cm³/mol. The van der Waals surface area contributed by atoms with Crippen molar-refractivity contribution in [3.05, 3.63) is 47.5 Å². The van der Waals surface area contributed by atoms with Crippen molar-refractivity contribution in [2.24, 2.45) is 0 Å². The average molecular weight is 367 g/mol. The highest BCUT2D eigenvalue weighted by Gasteiger charge is 2.18. The van der Waals surface area contributed by atoms with Crippen LogP contribution in [0.25, 0.3) is 27.9 Å². The van der Waals surface area contributed by atoms with Crippen LogP contribution in [0.2, 0.25) is 0 Å². The SMILES string of the molecule is C=CCn1c(=O)c2cnc(SC)nc2n1-c1ccc2cnn(CC)c2n1. The molecule has 4 rings (SSSR count). The van der Waals surface area contributed by atoms with Crippen LogP contribution < -0.4 is 5.56 Å². The lowest BCUT2D eigenvalue weighted by atomic mass is 10.3. The molecule has 4 aromatic rings. The maximum Gasteiger partial charge on any atom is 0.278 e. The van der Waals surface area contributed by atoms with Crippen LogP contribution in [0.3, 0.4) is 0 Å². The van der Waals surface area contributed by atoms with E-state index in [4.69, 9.17) is 4.98 Å². The minimum Gasteiger partial charge on any atom is -0.267 e. The molecule has 0 aliphatic carbocycles. The number of fused-ring (bicyclic) bond motifs is 2. The predicted octanol–water partition coefficient (Wildman–Crippen LogP) is 2.25. The summed E-state index contributed by atoms with van der Waals surface area (Å²) in [6.45, 7) is 6.83. The van der Waals surface area contributed by atoms with Crippen LogP contribution in [0.5, 0.6) is 0 Å². The first-order valence-electron chi connectivity index (χ1n) is 8.14. The van der Waals surface area contributed by atoms with Gasteiger partial charge in [0.25, 0.3) is 5.56 Å². The minimum atomic E-state index is -0.168. The van der Waals surface area contributed by atoms with Crippen molar-refractivity contribution in [2.75, 3.05) is 6.26 Å². The summed E-state index contributed by atoms with van der Waals surface area (Å²) in [6.07, 6.45) is 6.93. The van der Waals surface area contributed by atoms with E-state index in [-0.39, 0.29) is 5.56 Å². The van der Waals surface area contributed by atoms with Gasteiger partial charge in [-0.05, 0) is 25.3 Å². The third kappa shape index (κ3) is 2.43. The van der Waals surface area contributed by atoms with Crippen molar-refractivity contribution >= 4 is 33.8 Å². The molecule has 9 heteroatoms. The Morgan fingerprint density at radius 1 is 1.23 bits per heavy atom. The highest BCUT2D eigenvalue weighted by atomic mass is 32.2. The maximum atomic E-state index is 12.8. The lowest BCUT2D eigenvalue weighted by Crippen LogP contribution is -2.22. The summed E-state index contributed by atoms with van der Waals surface area (Å²) < 4.78 is 5.12. The molecular formula is C17H17N7OS. The van der Waals surface area contributed by atoms with Crippen molar-refractivity contribution in [1.29, 1.82) is 0 Å². The summed E-state index contributed by atoms with van der Waals surface area (Å²) in [5, 5.41) is 6.33. The van der Waals surface area contributed by atoms with Crippen LogP contribution in [0.15, 0.2) is 47.1 Å². The number of aryl methyl sites for hydroxylation is 1. The van der Waals surface area contributed by atoms with Crippen molar-refractivity contribution in [3.63, 3.8) is 0 Å². The van der Waals surface area contributed by atoms with E-state index in [1.807, 2.05) is 30.0 Å². The van der Waals surface area contributed by atoms with E-state index in [9.17, 15) is 4.79 Å². The monoisotopic (exact) mass is 367 g/mol. The van der Waals surface area contributed by atoms with Crippen molar-refractivity contribution in [3.8, 4) is 5.82 Å². The summed E-state index contributed by atoms with van der Waals surface area (Å²) in [7, 11) is 0. The zero-order chi connectivity index (χ0) is 18.3. The van der Waals surface area contributed by atoms with Gasteiger partial charge in [-0.3, -0.25) is 4.79 Å². The van der Waals surface area contributed by atoms with E-state index in [1.165, 1.54) is 11.8 Å². The van der Waals surface area contributed by atoms with Gasteiger partial charge in [0.05, 0.1) is 12.7 Å². The molecule has 26 heavy (non-hydrogen) atoms. The van der Waals surface area contributed by atoms with Gasteiger partial charge in [0.15, 0.2) is 22.3 Å². The van der Waals surface area contributed by atoms with Gasteiger partial charge in [-0.1, -0.05) is 17.8 Å². The highest BCUT2D eigenvalue weighted by molar-refractivity contribution is 7.98. The fraction of sp³-hybridized carbons (Fsp3) is 0.235. The number of thioether (sulfide) groups is 1. The molecule has 0 N–H and O–H groups in total. The second-order valence-electron chi connectivity index (χ2n) is 5.62. The number of aromatic nitrogens is 7. The number of hydrogen-bond acceptors (Lipinski definition) is 6. The van der Waals surface area contributed by atoms with Crippen molar-refractivity contribution in [2.45, 2.75) is 25.2 Å². The van der Waals surface area contributed by atoms with E-state index >= 15 is 0 Å². The smallest absolute Gasteiger partial charge is 0.267 e. The van der Waals surface area contributed by atoms with Crippen LogP contribution in [-0.2, 0) is 13.1 Å². The van der Waals surface area contributed by atoms with Gasteiger partial charge in [0, 0.05) is 18.1 Å². The van der Waals surface area contributed by atoms with Gasteiger partial charge >= 0.3 is 0 Å². The third-order valence-electron chi connectivity index (χ3n) is 4.13. The Bertz CT molecular complexity index is 1190. The summed E-state index contributed by atoms with van der Waals surface area (Å²) in [5.74, 6) is 0.604. The number of pyridine rings is 1. The van der Waals surface area contributed by atoms with Gasteiger partial charge in [-0.25, -0.2) is 29.0 Å². The van der Waals surface area contributed by atoms with Crippen molar-refractivity contribution < 1.29 is 0 Å². The van der Waals surface area contributed by atoms with Crippen LogP contribution in [0.4, 0.5) is 0 Å². The summed E-state index contributed by atoms with van der Waals surface area (Å²) >= 11 is 1.42. The molecule has 0 unspecified atom stereocenters. The second-order valence-corrected chi connectivity index (χ2v) is 6.40. The van der Waals surface area contributed by atoms with E-state index < -0.39 is 0 Å². The average Bonchev–Trinajstić information content (AvgIpc) is 3.20. The normalized spacial score (nSPS) is 11.5. The van der Waals surface area contributed by atoms with Gasteiger partial charge in [0.1, 0.15) is 5.39 Å². The minimum absolute atomic E-state index is 0.168. The van der Waals surface area contributed by atoms with E-state index in [2.05, 4.69) is 21.6 Å². The first kappa shape index (κ1) is 16.5. The molecule has 0 amide bonds. The van der Waals surface area contributed by atoms with Crippen LogP contribution in [0.1, 0.15) is 6.92 Å². The lowest BCUT2D eigenvalue weighted by molar-refractivity contribution is 0.595. The molecule has 4 heterocycles. The number of allylic oxidation sites excluding steroid dienone is 1. The summed E-state index contributed by atoms with van der Waals surface area (Å²) in [5.41, 5.74) is 1.13. The van der Waals surface area contributed by atoms with E-state index in [1.54, 1.807) is 27.8 Å². The quantitative estimate of drug-likeness (QED) is 0.306. The summed E-state index contributed by atoms with van der Waals surface area (Å²) in [6, 6.07) is 3.81. The first-order valence-corrected chi connectivity index (χ1v) is 9.36. The maximum absolute atomic E-state index is 12.8.